The van der Waals surface area contributed by atoms with E-state index in [1.807, 2.05) is 6.07 Å². The predicted octanol–water partition coefficient (Wildman–Crippen LogP) is 2.85. The molecule has 1 aromatic rings. The average molecular weight is 255 g/mol. The fourth-order valence-corrected chi connectivity index (χ4v) is 2.42. The number of hydrogen-bond donors (Lipinski definition) is 1. The highest BCUT2D eigenvalue weighted by Gasteiger charge is 2.15. The number of aliphatic hydroxyl groups is 1. The van der Waals surface area contributed by atoms with Gasteiger partial charge in [0.25, 0.3) is 0 Å². The van der Waals surface area contributed by atoms with E-state index in [1.54, 1.807) is 6.20 Å². The van der Waals surface area contributed by atoms with Crippen LogP contribution in [0, 0.1) is 5.92 Å². The largest absolute Gasteiger partial charge is 0.392 e. The Kier molecular flexibility index (Phi) is 4.24. The number of halogens is 1. The van der Waals surface area contributed by atoms with Gasteiger partial charge in [-0.3, -0.25) is 0 Å². The lowest BCUT2D eigenvalue weighted by Gasteiger charge is -2.22. The van der Waals surface area contributed by atoms with Gasteiger partial charge in [-0.15, -0.1) is 0 Å². The monoisotopic (exact) mass is 254 g/mol. The molecule has 0 amide bonds. The van der Waals surface area contributed by atoms with E-state index in [0.717, 1.165) is 30.4 Å². The summed E-state index contributed by atoms with van der Waals surface area (Å²) >= 11 is 5.95. The van der Waals surface area contributed by atoms with E-state index in [-0.39, 0.29) is 6.61 Å². The molecule has 0 bridgehead atoms. The SMILES string of the molecule is CC1CCCN(c2cc(CO)c(Cl)cn2)CC1. The highest BCUT2D eigenvalue weighted by Crippen LogP contribution is 2.24. The molecule has 3 nitrogen and oxygen atoms in total. The Labute approximate surface area is 107 Å². The summed E-state index contributed by atoms with van der Waals surface area (Å²) in [6.45, 7) is 4.36. The van der Waals surface area contributed by atoms with Crippen LogP contribution in [0.2, 0.25) is 5.02 Å². The molecule has 1 saturated heterocycles. The van der Waals surface area contributed by atoms with Gasteiger partial charge in [0.2, 0.25) is 0 Å². The lowest BCUT2D eigenvalue weighted by Crippen LogP contribution is -2.25. The average Bonchev–Trinajstić information content (AvgIpc) is 2.55. The first kappa shape index (κ1) is 12.7. The maximum atomic E-state index is 9.21. The topological polar surface area (TPSA) is 36.4 Å². The molecular formula is C13H19ClN2O. The van der Waals surface area contributed by atoms with Crippen molar-refractivity contribution in [2.45, 2.75) is 32.8 Å². The number of nitrogens with zero attached hydrogens (tertiary/aromatic N) is 2. The van der Waals surface area contributed by atoms with Crippen LogP contribution in [0.1, 0.15) is 31.7 Å². The van der Waals surface area contributed by atoms with Crippen LogP contribution < -0.4 is 4.90 Å². The third kappa shape index (κ3) is 3.11. The Morgan fingerprint density at radius 2 is 2.29 bits per heavy atom. The second kappa shape index (κ2) is 5.69. The van der Waals surface area contributed by atoms with Crippen LogP contribution in [0.25, 0.3) is 0 Å². The van der Waals surface area contributed by atoms with Gasteiger partial charge in [0, 0.05) is 24.8 Å². The molecule has 94 valence electrons. The fourth-order valence-electron chi connectivity index (χ4n) is 2.25. The zero-order chi connectivity index (χ0) is 12.3. The van der Waals surface area contributed by atoms with Crippen molar-refractivity contribution >= 4 is 17.4 Å². The van der Waals surface area contributed by atoms with Crippen LogP contribution in [0.4, 0.5) is 5.82 Å². The van der Waals surface area contributed by atoms with E-state index in [0.29, 0.717) is 5.02 Å². The van der Waals surface area contributed by atoms with Crippen molar-refractivity contribution in [2.24, 2.45) is 5.92 Å². The number of hydrogen-bond acceptors (Lipinski definition) is 3. The van der Waals surface area contributed by atoms with Crippen molar-refractivity contribution in [2.75, 3.05) is 18.0 Å². The number of anilines is 1. The summed E-state index contributed by atoms with van der Waals surface area (Å²) in [6.07, 6.45) is 5.34. The van der Waals surface area contributed by atoms with Crippen LogP contribution in [-0.4, -0.2) is 23.2 Å². The minimum Gasteiger partial charge on any atom is -0.392 e. The molecule has 1 aliphatic rings. The highest BCUT2D eigenvalue weighted by atomic mass is 35.5. The van der Waals surface area contributed by atoms with Crippen molar-refractivity contribution in [1.29, 1.82) is 0 Å². The van der Waals surface area contributed by atoms with Crippen LogP contribution >= 0.6 is 11.6 Å². The highest BCUT2D eigenvalue weighted by molar-refractivity contribution is 6.31. The Hall–Kier alpha value is -0.800. The molecule has 0 aliphatic carbocycles. The van der Waals surface area contributed by atoms with Crippen LogP contribution in [0.5, 0.6) is 0 Å². The zero-order valence-electron chi connectivity index (χ0n) is 10.2. The van der Waals surface area contributed by atoms with Gasteiger partial charge in [0.1, 0.15) is 5.82 Å². The van der Waals surface area contributed by atoms with Crippen molar-refractivity contribution < 1.29 is 5.11 Å². The first-order valence-electron chi connectivity index (χ1n) is 6.21. The Bertz CT molecular complexity index is 384. The first-order valence-corrected chi connectivity index (χ1v) is 6.58. The van der Waals surface area contributed by atoms with Crippen molar-refractivity contribution in [3.63, 3.8) is 0 Å². The van der Waals surface area contributed by atoms with E-state index in [4.69, 9.17) is 11.6 Å². The van der Waals surface area contributed by atoms with Gasteiger partial charge in [-0.25, -0.2) is 4.98 Å². The molecular weight excluding hydrogens is 236 g/mol. The molecule has 1 fully saturated rings. The molecule has 1 atom stereocenters. The van der Waals surface area contributed by atoms with Crippen LogP contribution in [0.3, 0.4) is 0 Å². The molecule has 17 heavy (non-hydrogen) atoms. The van der Waals surface area contributed by atoms with Gasteiger partial charge in [0.05, 0.1) is 11.6 Å². The molecule has 1 aliphatic heterocycles. The Morgan fingerprint density at radius 3 is 3.06 bits per heavy atom. The van der Waals surface area contributed by atoms with Gasteiger partial charge in [-0.1, -0.05) is 18.5 Å². The van der Waals surface area contributed by atoms with E-state index >= 15 is 0 Å². The third-order valence-corrected chi connectivity index (χ3v) is 3.77. The second-order valence-corrected chi connectivity index (χ2v) is 5.22. The molecule has 1 aromatic heterocycles. The number of aromatic nitrogens is 1. The lowest BCUT2D eigenvalue weighted by atomic mass is 10.0. The van der Waals surface area contributed by atoms with Crippen molar-refractivity contribution in [3.05, 3.63) is 22.8 Å². The molecule has 0 saturated carbocycles. The first-order chi connectivity index (χ1) is 8.20. The van der Waals surface area contributed by atoms with Gasteiger partial charge < -0.3 is 10.0 Å². The minimum absolute atomic E-state index is 0.0292. The third-order valence-electron chi connectivity index (χ3n) is 3.43. The molecule has 4 heteroatoms. The summed E-state index contributed by atoms with van der Waals surface area (Å²) in [4.78, 5) is 6.65. The molecule has 2 heterocycles. The number of pyridine rings is 1. The van der Waals surface area contributed by atoms with Crippen molar-refractivity contribution in [1.82, 2.24) is 4.98 Å². The maximum absolute atomic E-state index is 9.21. The van der Waals surface area contributed by atoms with E-state index in [2.05, 4.69) is 16.8 Å². The predicted molar refractivity (Wildman–Crippen MR) is 70.4 cm³/mol. The normalized spacial score (nSPS) is 21.4. The standard InChI is InChI=1S/C13H19ClN2O/c1-10-3-2-5-16(6-4-10)13-7-11(9-17)12(14)8-15-13/h7-8,10,17H,2-6,9H2,1H3. The van der Waals surface area contributed by atoms with Gasteiger partial charge in [0.15, 0.2) is 0 Å². The molecule has 0 spiro atoms. The summed E-state index contributed by atoms with van der Waals surface area (Å²) in [6, 6.07) is 1.90. The van der Waals surface area contributed by atoms with E-state index in [9.17, 15) is 5.11 Å². The fraction of sp³-hybridized carbons (Fsp3) is 0.615. The zero-order valence-corrected chi connectivity index (χ0v) is 11.0. The quantitative estimate of drug-likeness (QED) is 0.882. The summed E-state index contributed by atoms with van der Waals surface area (Å²) < 4.78 is 0. The van der Waals surface area contributed by atoms with E-state index < -0.39 is 0 Å². The summed E-state index contributed by atoms with van der Waals surface area (Å²) in [5, 5.41) is 9.75. The molecule has 1 unspecified atom stereocenters. The maximum Gasteiger partial charge on any atom is 0.128 e. The van der Waals surface area contributed by atoms with Crippen LogP contribution in [0.15, 0.2) is 12.3 Å². The van der Waals surface area contributed by atoms with Gasteiger partial charge in [-0.05, 0) is 31.2 Å². The van der Waals surface area contributed by atoms with Gasteiger partial charge >= 0.3 is 0 Å². The summed E-state index contributed by atoms with van der Waals surface area (Å²) in [5.74, 6) is 1.73. The lowest BCUT2D eigenvalue weighted by molar-refractivity contribution is 0.282. The minimum atomic E-state index is -0.0292. The smallest absolute Gasteiger partial charge is 0.128 e. The summed E-state index contributed by atoms with van der Waals surface area (Å²) in [7, 11) is 0. The van der Waals surface area contributed by atoms with Crippen molar-refractivity contribution in [3.8, 4) is 0 Å². The molecule has 0 radical (unpaired) electrons. The Morgan fingerprint density at radius 1 is 1.47 bits per heavy atom. The van der Waals surface area contributed by atoms with Crippen LogP contribution in [-0.2, 0) is 6.61 Å². The summed E-state index contributed by atoms with van der Waals surface area (Å²) in [5.41, 5.74) is 0.758. The Balaban J connectivity index is 2.15. The number of aliphatic hydroxyl groups excluding tert-OH is 1. The molecule has 0 aromatic carbocycles. The molecule has 2 rings (SSSR count). The number of rotatable bonds is 2. The van der Waals surface area contributed by atoms with Gasteiger partial charge in [-0.2, -0.15) is 0 Å². The van der Waals surface area contributed by atoms with E-state index in [1.165, 1.54) is 19.3 Å². The second-order valence-electron chi connectivity index (χ2n) is 4.82. The molecule has 1 N–H and O–H groups in total.